The van der Waals surface area contributed by atoms with E-state index in [1.807, 2.05) is 6.92 Å². The van der Waals surface area contributed by atoms with E-state index in [1.54, 1.807) is 24.3 Å². The number of ether oxygens (including phenoxy) is 1. The van der Waals surface area contributed by atoms with Crippen LogP contribution in [0.2, 0.25) is 0 Å². The number of aromatic nitrogens is 1. The first-order chi connectivity index (χ1) is 10.8. The zero-order valence-corrected chi connectivity index (χ0v) is 12.8. The number of nitrogens with zero attached hydrogens (tertiary/aromatic N) is 1. The molecule has 0 unspecified atom stereocenters. The smallest absolute Gasteiger partial charge is 0.311 e. The number of pyridine rings is 1. The molecule has 0 aliphatic heterocycles. The van der Waals surface area contributed by atoms with E-state index in [4.69, 9.17) is 32.8 Å². The molecule has 1 aromatic carbocycles. The Morgan fingerprint density at radius 1 is 1.13 bits per heavy atom. The zero-order chi connectivity index (χ0) is 17.4. The molecular weight excluding hydrogens is 298 g/mol. The van der Waals surface area contributed by atoms with Gasteiger partial charge in [0.1, 0.15) is 11.6 Å². The maximum absolute atomic E-state index is 11.0. The number of nitrogens with two attached hydrogens (primary N) is 4. The van der Waals surface area contributed by atoms with Crippen LogP contribution >= 0.6 is 0 Å². The molecule has 0 amide bonds. The van der Waals surface area contributed by atoms with Crippen molar-refractivity contribution in [3.8, 4) is 11.5 Å². The number of aromatic hydroxyl groups is 1. The van der Waals surface area contributed by atoms with Crippen LogP contribution < -0.4 is 27.7 Å². The van der Waals surface area contributed by atoms with Crippen molar-refractivity contribution in [2.75, 3.05) is 22.9 Å². The molecule has 0 radical (unpaired) electrons. The summed E-state index contributed by atoms with van der Waals surface area (Å²) in [6.45, 7) is 1.93. The molecule has 1 heterocycles. The Labute approximate surface area is 134 Å². The standard InChI is InChI=1S/C10H13NO2.C5H8N4O/c1-2-3-10(12)13-9-6-4-8(11)5-7-9;6-2-1-3(10)5(8)9-4(2)7/h4-7H,2-3,11H2,1H3;1,10H,6H2,(H4,7,8,9). The Kier molecular flexibility index (Phi) is 6.47. The normalized spacial score (nSPS) is 9.61. The van der Waals surface area contributed by atoms with Gasteiger partial charge in [0.15, 0.2) is 11.6 Å². The zero-order valence-electron chi connectivity index (χ0n) is 12.8. The predicted octanol–water partition coefficient (Wildman–Crippen LogP) is 1.51. The molecule has 0 aliphatic rings. The molecule has 124 valence electrons. The second-order valence-corrected chi connectivity index (χ2v) is 4.66. The fourth-order valence-corrected chi connectivity index (χ4v) is 1.47. The van der Waals surface area contributed by atoms with Crippen molar-refractivity contribution in [2.24, 2.45) is 0 Å². The van der Waals surface area contributed by atoms with Gasteiger partial charge < -0.3 is 32.8 Å². The highest BCUT2D eigenvalue weighted by molar-refractivity contribution is 5.72. The third-order valence-electron chi connectivity index (χ3n) is 2.66. The highest BCUT2D eigenvalue weighted by Crippen LogP contribution is 2.23. The van der Waals surface area contributed by atoms with Crippen LogP contribution in [-0.4, -0.2) is 16.1 Å². The molecule has 23 heavy (non-hydrogen) atoms. The molecule has 0 saturated carbocycles. The van der Waals surface area contributed by atoms with Gasteiger partial charge in [-0.2, -0.15) is 0 Å². The minimum atomic E-state index is -0.202. The lowest BCUT2D eigenvalue weighted by Gasteiger charge is -2.02. The van der Waals surface area contributed by atoms with Crippen molar-refractivity contribution in [3.63, 3.8) is 0 Å². The van der Waals surface area contributed by atoms with Gasteiger partial charge in [-0.3, -0.25) is 4.79 Å². The summed E-state index contributed by atoms with van der Waals surface area (Å²) in [5, 5.41) is 8.90. The Morgan fingerprint density at radius 3 is 2.26 bits per heavy atom. The summed E-state index contributed by atoms with van der Waals surface area (Å²) in [6.07, 6.45) is 1.25. The van der Waals surface area contributed by atoms with Gasteiger partial charge >= 0.3 is 5.97 Å². The molecule has 2 aromatic rings. The average molecular weight is 319 g/mol. The molecule has 0 bridgehead atoms. The van der Waals surface area contributed by atoms with Crippen LogP contribution in [0.3, 0.4) is 0 Å². The van der Waals surface area contributed by atoms with E-state index in [0.29, 0.717) is 17.9 Å². The number of hydrogen-bond donors (Lipinski definition) is 5. The first-order valence-corrected chi connectivity index (χ1v) is 6.90. The third-order valence-corrected chi connectivity index (χ3v) is 2.66. The minimum Gasteiger partial charge on any atom is -0.504 e. The monoisotopic (exact) mass is 319 g/mol. The molecule has 1 aromatic heterocycles. The highest BCUT2D eigenvalue weighted by atomic mass is 16.5. The number of nitrogen functional groups attached to an aromatic ring is 4. The second kappa shape index (κ2) is 8.32. The van der Waals surface area contributed by atoms with Crippen molar-refractivity contribution in [1.82, 2.24) is 4.98 Å². The van der Waals surface area contributed by atoms with E-state index in [9.17, 15) is 4.79 Å². The summed E-state index contributed by atoms with van der Waals surface area (Å²) in [6, 6.07) is 8.03. The van der Waals surface area contributed by atoms with E-state index in [-0.39, 0.29) is 29.0 Å². The molecule has 0 fully saturated rings. The van der Waals surface area contributed by atoms with Crippen LogP contribution in [0, 0.1) is 0 Å². The summed E-state index contributed by atoms with van der Waals surface area (Å²) in [7, 11) is 0. The van der Waals surface area contributed by atoms with Crippen LogP contribution in [0.15, 0.2) is 30.3 Å². The van der Waals surface area contributed by atoms with E-state index < -0.39 is 0 Å². The Balaban J connectivity index is 0.000000238. The first-order valence-electron chi connectivity index (χ1n) is 6.90. The molecule has 9 N–H and O–H groups in total. The largest absolute Gasteiger partial charge is 0.504 e. The molecule has 0 atom stereocenters. The highest BCUT2D eigenvalue weighted by Gasteiger charge is 2.02. The topological polar surface area (TPSA) is 164 Å². The molecule has 8 nitrogen and oxygen atoms in total. The fourth-order valence-electron chi connectivity index (χ4n) is 1.47. The number of carbonyl (C=O) groups is 1. The Bertz CT molecular complexity index is 609. The molecular formula is C15H21N5O3. The Morgan fingerprint density at radius 2 is 1.74 bits per heavy atom. The third kappa shape index (κ3) is 6.00. The number of carbonyl (C=O) groups excluding carboxylic acids is 1. The Hall–Kier alpha value is -3.16. The van der Waals surface area contributed by atoms with Crippen LogP contribution in [-0.2, 0) is 4.79 Å². The van der Waals surface area contributed by atoms with Gasteiger partial charge in [0.2, 0.25) is 0 Å². The van der Waals surface area contributed by atoms with Gasteiger partial charge in [-0.1, -0.05) is 6.92 Å². The van der Waals surface area contributed by atoms with Crippen LogP contribution in [0.25, 0.3) is 0 Å². The van der Waals surface area contributed by atoms with Gasteiger partial charge in [-0.15, -0.1) is 0 Å². The number of esters is 1. The van der Waals surface area contributed by atoms with Gasteiger partial charge in [0.05, 0.1) is 5.69 Å². The van der Waals surface area contributed by atoms with Crippen molar-refractivity contribution in [2.45, 2.75) is 19.8 Å². The van der Waals surface area contributed by atoms with Crippen LogP contribution in [0.5, 0.6) is 11.5 Å². The molecule has 0 saturated heterocycles. The number of anilines is 4. The summed E-state index contributed by atoms with van der Waals surface area (Å²) < 4.78 is 5.02. The van der Waals surface area contributed by atoms with Crippen LogP contribution in [0.1, 0.15) is 19.8 Å². The van der Waals surface area contributed by atoms with Crippen molar-refractivity contribution >= 4 is 29.0 Å². The predicted molar refractivity (Wildman–Crippen MR) is 90.5 cm³/mol. The molecule has 2 rings (SSSR count). The van der Waals surface area contributed by atoms with Crippen LogP contribution in [0.4, 0.5) is 23.0 Å². The summed E-state index contributed by atoms with van der Waals surface area (Å²) in [5.74, 6) is 0.327. The lowest BCUT2D eigenvalue weighted by atomic mass is 10.3. The van der Waals surface area contributed by atoms with E-state index >= 15 is 0 Å². The number of hydrogen-bond acceptors (Lipinski definition) is 8. The number of rotatable bonds is 3. The van der Waals surface area contributed by atoms with Crippen molar-refractivity contribution in [1.29, 1.82) is 0 Å². The lowest BCUT2D eigenvalue weighted by molar-refractivity contribution is -0.134. The SMILES string of the molecule is CCCC(=O)Oc1ccc(N)cc1.Nc1cc(O)c(N)nc1N. The number of benzene rings is 1. The van der Waals surface area contributed by atoms with Gasteiger partial charge in [0, 0.05) is 18.2 Å². The maximum Gasteiger partial charge on any atom is 0.311 e. The summed E-state index contributed by atoms with van der Waals surface area (Å²) in [5.41, 5.74) is 22.1. The summed E-state index contributed by atoms with van der Waals surface area (Å²) in [4.78, 5) is 14.6. The van der Waals surface area contributed by atoms with Crippen molar-refractivity contribution < 1.29 is 14.6 Å². The van der Waals surface area contributed by atoms with Gasteiger partial charge in [-0.05, 0) is 30.7 Å². The van der Waals surface area contributed by atoms with E-state index in [1.165, 1.54) is 6.07 Å². The molecule has 8 heteroatoms. The fraction of sp³-hybridized carbons (Fsp3) is 0.200. The van der Waals surface area contributed by atoms with E-state index in [2.05, 4.69) is 4.98 Å². The van der Waals surface area contributed by atoms with E-state index in [0.717, 1.165) is 6.42 Å². The average Bonchev–Trinajstić information content (AvgIpc) is 2.49. The molecule has 0 aliphatic carbocycles. The summed E-state index contributed by atoms with van der Waals surface area (Å²) >= 11 is 0. The van der Waals surface area contributed by atoms with Crippen molar-refractivity contribution in [3.05, 3.63) is 30.3 Å². The lowest BCUT2D eigenvalue weighted by Crippen LogP contribution is -2.06. The first kappa shape index (κ1) is 17.9. The van der Waals surface area contributed by atoms with Gasteiger partial charge in [0.25, 0.3) is 0 Å². The second-order valence-electron chi connectivity index (χ2n) is 4.66. The maximum atomic E-state index is 11.0. The molecule has 0 spiro atoms. The minimum absolute atomic E-state index is 0.00769. The quantitative estimate of drug-likeness (QED) is 0.323. The van der Waals surface area contributed by atoms with Gasteiger partial charge in [-0.25, -0.2) is 4.98 Å².